The van der Waals surface area contributed by atoms with Crippen LogP contribution in [-0.4, -0.2) is 15.9 Å². The van der Waals surface area contributed by atoms with Gasteiger partial charge >= 0.3 is 0 Å². The van der Waals surface area contributed by atoms with Crippen molar-refractivity contribution < 1.29 is 14.5 Å². The van der Waals surface area contributed by atoms with Crippen molar-refractivity contribution in [2.75, 3.05) is 0 Å². The van der Waals surface area contributed by atoms with Crippen molar-refractivity contribution in [1.29, 1.82) is 0 Å². The summed E-state index contributed by atoms with van der Waals surface area (Å²) in [6.45, 7) is 0. The third kappa shape index (κ3) is 2.13. The number of hydrogen-bond donors (Lipinski definition) is 1. The molecule has 1 amide bonds. The van der Waals surface area contributed by atoms with Crippen molar-refractivity contribution in [3.63, 3.8) is 0 Å². The van der Waals surface area contributed by atoms with E-state index in [1.54, 1.807) is 30.3 Å². The summed E-state index contributed by atoms with van der Waals surface area (Å²) < 4.78 is 0. The van der Waals surface area contributed by atoms with Crippen LogP contribution in [-0.2, 0) is 0 Å². The topological polar surface area (TPSA) is 89.3 Å². The average Bonchev–Trinajstić information content (AvgIpc) is 2.87. The van der Waals surface area contributed by atoms with Crippen LogP contribution in [0.5, 0.6) is 0 Å². The molecule has 2 aromatic carbocycles. The fourth-order valence-electron chi connectivity index (χ4n) is 2.99. The molecule has 4 rings (SSSR count). The van der Waals surface area contributed by atoms with Crippen LogP contribution in [0.15, 0.2) is 54.1 Å². The summed E-state index contributed by atoms with van der Waals surface area (Å²) in [6.07, 6.45) is 0. The van der Waals surface area contributed by atoms with Crippen LogP contribution >= 0.6 is 11.8 Å². The highest BCUT2D eigenvalue weighted by Crippen LogP contribution is 2.48. The van der Waals surface area contributed by atoms with E-state index in [2.05, 4.69) is 5.32 Å². The van der Waals surface area contributed by atoms with Gasteiger partial charge in [0.1, 0.15) is 0 Å². The van der Waals surface area contributed by atoms with E-state index in [0.717, 1.165) is 17.3 Å². The Kier molecular flexibility index (Phi) is 3.24. The largest absolute Gasteiger partial charge is 0.316 e. The van der Waals surface area contributed by atoms with Crippen LogP contribution in [0.1, 0.15) is 26.7 Å². The van der Waals surface area contributed by atoms with Crippen LogP contribution in [0, 0.1) is 10.1 Å². The van der Waals surface area contributed by atoms with Crippen LogP contribution in [0.25, 0.3) is 5.70 Å². The van der Waals surface area contributed by atoms with E-state index in [9.17, 15) is 19.7 Å². The average molecular weight is 338 g/mol. The maximum atomic E-state index is 12.8. The number of Topliss-reactive ketones (excluding diaryl/α,β-unsaturated/α-hetero) is 1. The highest BCUT2D eigenvalue weighted by molar-refractivity contribution is 8.14. The molecule has 0 unspecified atom stereocenters. The van der Waals surface area contributed by atoms with Gasteiger partial charge in [-0.15, -0.1) is 0 Å². The molecule has 1 aliphatic heterocycles. The number of nitro groups is 1. The normalized spacial score (nSPS) is 18.9. The van der Waals surface area contributed by atoms with E-state index >= 15 is 0 Å². The molecule has 0 saturated carbocycles. The first-order valence-corrected chi connectivity index (χ1v) is 8.04. The van der Waals surface area contributed by atoms with Gasteiger partial charge in [-0.2, -0.15) is 0 Å². The van der Waals surface area contributed by atoms with Gasteiger partial charge in [-0.25, -0.2) is 0 Å². The Hall–Kier alpha value is -2.93. The zero-order chi connectivity index (χ0) is 16.8. The number of carbonyl (C=O) groups is 2. The van der Waals surface area contributed by atoms with Crippen molar-refractivity contribution in [3.05, 3.63) is 80.9 Å². The molecular formula is C17H10N2O4S. The predicted octanol–water partition coefficient (Wildman–Crippen LogP) is 3.70. The molecule has 0 radical (unpaired) electrons. The fourth-order valence-corrected chi connectivity index (χ4v) is 4.00. The van der Waals surface area contributed by atoms with E-state index in [1.807, 2.05) is 6.07 Å². The van der Waals surface area contributed by atoms with E-state index in [-0.39, 0.29) is 16.7 Å². The number of nitrogens with one attached hydrogen (secondary N) is 1. The number of ketones is 1. The van der Waals surface area contributed by atoms with Crippen LogP contribution in [0.2, 0.25) is 0 Å². The molecule has 0 saturated heterocycles. The van der Waals surface area contributed by atoms with Gasteiger partial charge in [-0.05, 0) is 5.56 Å². The number of non-ortho nitro benzene ring substituents is 1. The van der Waals surface area contributed by atoms with Gasteiger partial charge < -0.3 is 5.32 Å². The molecule has 2 aromatic rings. The molecule has 24 heavy (non-hydrogen) atoms. The maximum absolute atomic E-state index is 12.8. The standard InChI is InChI=1S/C17H10N2O4S/c20-15-12-4-2-1-3-11(12)14-13(15)16(24-17(21)18-14)9-5-7-10(8-6-9)19(22)23/h1-8,16H,(H,18,21)/t16-/m0/s1. The Morgan fingerprint density at radius 3 is 2.33 bits per heavy atom. The predicted molar refractivity (Wildman–Crippen MR) is 89.7 cm³/mol. The van der Waals surface area contributed by atoms with Crippen LogP contribution in [0.4, 0.5) is 10.5 Å². The van der Waals surface area contributed by atoms with Crippen molar-refractivity contribution in [1.82, 2.24) is 5.32 Å². The molecule has 0 fully saturated rings. The monoisotopic (exact) mass is 338 g/mol. The molecule has 1 N–H and O–H groups in total. The van der Waals surface area contributed by atoms with Crippen molar-refractivity contribution in [2.45, 2.75) is 5.25 Å². The Bertz CT molecular complexity index is 934. The van der Waals surface area contributed by atoms with Gasteiger partial charge in [0.25, 0.3) is 10.9 Å². The Balaban J connectivity index is 1.82. The SMILES string of the molecule is O=C1NC2=C(C(=O)c3ccccc32)[C@H](c2ccc([N+](=O)[O-])cc2)S1. The molecule has 0 bridgehead atoms. The number of nitro benzene ring substituents is 1. The molecule has 0 aromatic heterocycles. The Morgan fingerprint density at radius 2 is 1.67 bits per heavy atom. The third-order valence-electron chi connectivity index (χ3n) is 4.08. The lowest BCUT2D eigenvalue weighted by Gasteiger charge is -2.23. The van der Waals surface area contributed by atoms with Gasteiger partial charge in [0, 0.05) is 28.8 Å². The molecular weight excluding hydrogens is 328 g/mol. The van der Waals surface area contributed by atoms with Crippen molar-refractivity contribution in [3.8, 4) is 0 Å². The van der Waals surface area contributed by atoms with Crippen LogP contribution in [0.3, 0.4) is 0 Å². The summed E-state index contributed by atoms with van der Waals surface area (Å²) in [5.74, 6) is -0.114. The third-order valence-corrected chi connectivity index (χ3v) is 5.14. The molecule has 1 aliphatic carbocycles. The number of amides is 1. The summed E-state index contributed by atoms with van der Waals surface area (Å²) in [5, 5.41) is 12.8. The molecule has 1 atom stereocenters. The summed E-state index contributed by atoms with van der Waals surface area (Å²) >= 11 is 1.01. The van der Waals surface area contributed by atoms with Crippen molar-refractivity contribution >= 4 is 34.2 Å². The Labute approximate surface area is 140 Å². The lowest BCUT2D eigenvalue weighted by molar-refractivity contribution is -0.384. The molecule has 1 heterocycles. The van der Waals surface area contributed by atoms with E-state index in [4.69, 9.17) is 0 Å². The minimum absolute atomic E-state index is 0.0285. The quantitative estimate of drug-likeness (QED) is 0.666. The Morgan fingerprint density at radius 1 is 1.00 bits per heavy atom. The summed E-state index contributed by atoms with van der Waals surface area (Å²) in [7, 11) is 0. The molecule has 6 nitrogen and oxygen atoms in total. The minimum Gasteiger partial charge on any atom is -0.316 e. The number of rotatable bonds is 2. The smallest absolute Gasteiger partial charge is 0.284 e. The maximum Gasteiger partial charge on any atom is 0.284 e. The number of nitrogens with zero attached hydrogens (tertiary/aromatic N) is 1. The lowest BCUT2D eigenvalue weighted by Crippen LogP contribution is -2.25. The zero-order valence-electron chi connectivity index (χ0n) is 12.2. The van der Waals surface area contributed by atoms with E-state index in [1.165, 1.54) is 12.1 Å². The first kappa shape index (κ1) is 14.6. The summed E-state index contributed by atoms with van der Waals surface area (Å²) in [6, 6.07) is 13.1. The second kappa shape index (κ2) is 5.31. The lowest BCUT2D eigenvalue weighted by atomic mass is 10.0. The van der Waals surface area contributed by atoms with E-state index in [0.29, 0.717) is 22.4 Å². The van der Waals surface area contributed by atoms with Gasteiger partial charge in [-0.3, -0.25) is 19.7 Å². The summed E-state index contributed by atoms with van der Waals surface area (Å²) in [4.78, 5) is 35.2. The highest BCUT2D eigenvalue weighted by Gasteiger charge is 2.40. The van der Waals surface area contributed by atoms with Gasteiger partial charge in [0.05, 0.1) is 15.9 Å². The molecule has 118 valence electrons. The highest BCUT2D eigenvalue weighted by atomic mass is 32.2. The first-order valence-electron chi connectivity index (χ1n) is 7.16. The molecule has 7 heteroatoms. The molecule has 0 spiro atoms. The number of hydrogen-bond acceptors (Lipinski definition) is 5. The minimum atomic E-state index is -0.480. The fraction of sp³-hybridized carbons (Fsp3) is 0.0588. The molecule has 2 aliphatic rings. The zero-order valence-corrected chi connectivity index (χ0v) is 13.0. The second-order valence-electron chi connectivity index (χ2n) is 5.42. The number of thioether (sulfide) groups is 1. The number of benzene rings is 2. The first-order chi connectivity index (χ1) is 11.6. The second-order valence-corrected chi connectivity index (χ2v) is 6.50. The van der Waals surface area contributed by atoms with Crippen LogP contribution < -0.4 is 5.32 Å². The van der Waals surface area contributed by atoms with Crippen molar-refractivity contribution in [2.24, 2.45) is 0 Å². The van der Waals surface area contributed by atoms with Gasteiger partial charge in [0.2, 0.25) is 0 Å². The summed E-state index contributed by atoms with van der Waals surface area (Å²) in [5.41, 5.74) is 3.01. The number of fused-ring (bicyclic) bond motifs is 2. The number of carbonyl (C=O) groups excluding carboxylic acids is 2. The van der Waals surface area contributed by atoms with Gasteiger partial charge in [0.15, 0.2) is 5.78 Å². The van der Waals surface area contributed by atoms with Gasteiger partial charge in [-0.1, -0.05) is 48.2 Å². The van der Waals surface area contributed by atoms with E-state index < -0.39 is 10.2 Å².